The van der Waals surface area contributed by atoms with Crippen LogP contribution in [0.4, 0.5) is 0 Å². The highest BCUT2D eigenvalue weighted by atomic mass is 16.5. The second-order valence-electron chi connectivity index (χ2n) is 4.25. The number of methoxy groups -OCH3 is 1. The summed E-state index contributed by atoms with van der Waals surface area (Å²) in [6, 6.07) is 7.87. The third-order valence-corrected chi connectivity index (χ3v) is 3.00. The molecule has 16 heavy (non-hydrogen) atoms. The number of aliphatic hydroxyl groups is 1. The Balaban J connectivity index is 1.80. The van der Waals surface area contributed by atoms with Crippen LogP contribution >= 0.6 is 0 Å². The van der Waals surface area contributed by atoms with Crippen molar-refractivity contribution < 1.29 is 14.6 Å². The van der Waals surface area contributed by atoms with E-state index in [1.165, 1.54) is 0 Å². The molecular formula is C13H18O3. The molecule has 2 atom stereocenters. The van der Waals surface area contributed by atoms with E-state index in [-0.39, 0.29) is 12.2 Å². The van der Waals surface area contributed by atoms with Gasteiger partial charge in [0.15, 0.2) is 0 Å². The largest absolute Gasteiger partial charge is 0.497 e. The van der Waals surface area contributed by atoms with Gasteiger partial charge in [0.1, 0.15) is 5.75 Å². The molecule has 1 aliphatic rings. The van der Waals surface area contributed by atoms with Crippen LogP contribution in [0.25, 0.3) is 0 Å². The fraction of sp³-hybridized carbons (Fsp3) is 0.538. The maximum absolute atomic E-state index is 9.37. The Bertz CT molecular complexity index is 320. The summed E-state index contributed by atoms with van der Waals surface area (Å²) in [5, 5.41) is 9.37. The summed E-state index contributed by atoms with van der Waals surface area (Å²) in [5.74, 6) is 0.861. The molecule has 3 nitrogen and oxygen atoms in total. The zero-order chi connectivity index (χ0) is 11.4. The zero-order valence-electron chi connectivity index (χ0n) is 9.56. The van der Waals surface area contributed by atoms with Gasteiger partial charge in [-0.05, 0) is 37.0 Å². The maximum Gasteiger partial charge on any atom is 0.118 e. The fourth-order valence-electron chi connectivity index (χ4n) is 2.00. The van der Waals surface area contributed by atoms with Crippen molar-refractivity contribution in [2.24, 2.45) is 0 Å². The third-order valence-electron chi connectivity index (χ3n) is 3.00. The van der Waals surface area contributed by atoms with Gasteiger partial charge in [0.25, 0.3) is 0 Å². The summed E-state index contributed by atoms with van der Waals surface area (Å²) in [6.07, 6.45) is 2.67. The smallest absolute Gasteiger partial charge is 0.118 e. The molecule has 0 bridgehead atoms. The molecule has 3 heteroatoms. The van der Waals surface area contributed by atoms with Crippen LogP contribution in [0.1, 0.15) is 24.8 Å². The minimum atomic E-state index is -0.166. The Morgan fingerprint density at radius 2 is 2.00 bits per heavy atom. The molecule has 0 radical (unpaired) electrons. The van der Waals surface area contributed by atoms with Gasteiger partial charge in [-0.25, -0.2) is 0 Å². The van der Waals surface area contributed by atoms with Gasteiger partial charge in [-0.3, -0.25) is 0 Å². The number of ether oxygens (including phenoxy) is 2. The van der Waals surface area contributed by atoms with Crippen LogP contribution in [0.2, 0.25) is 0 Å². The lowest BCUT2D eigenvalue weighted by Crippen LogP contribution is -2.09. The van der Waals surface area contributed by atoms with Crippen molar-refractivity contribution in [2.45, 2.75) is 38.1 Å². The van der Waals surface area contributed by atoms with Crippen LogP contribution < -0.4 is 4.74 Å². The molecule has 1 saturated carbocycles. The van der Waals surface area contributed by atoms with Gasteiger partial charge < -0.3 is 14.6 Å². The molecule has 1 N–H and O–H groups in total. The highest BCUT2D eigenvalue weighted by Gasteiger charge is 2.23. The maximum atomic E-state index is 9.37. The van der Waals surface area contributed by atoms with Crippen molar-refractivity contribution in [3.63, 3.8) is 0 Å². The average molecular weight is 222 g/mol. The van der Waals surface area contributed by atoms with E-state index in [9.17, 15) is 5.11 Å². The molecule has 0 aromatic heterocycles. The lowest BCUT2D eigenvalue weighted by molar-refractivity contribution is 0.0357. The predicted molar refractivity (Wildman–Crippen MR) is 61.4 cm³/mol. The summed E-state index contributed by atoms with van der Waals surface area (Å²) >= 11 is 0. The van der Waals surface area contributed by atoms with Crippen molar-refractivity contribution in [3.8, 4) is 5.75 Å². The van der Waals surface area contributed by atoms with E-state index >= 15 is 0 Å². The molecule has 0 spiro atoms. The van der Waals surface area contributed by atoms with Crippen molar-refractivity contribution in [2.75, 3.05) is 7.11 Å². The minimum Gasteiger partial charge on any atom is -0.497 e. The van der Waals surface area contributed by atoms with Gasteiger partial charge in [-0.2, -0.15) is 0 Å². The van der Waals surface area contributed by atoms with Gasteiger partial charge in [0.05, 0.1) is 25.9 Å². The van der Waals surface area contributed by atoms with Crippen LogP contribution in [0.15, 0.2) is 24.3 Å². The zero-order valence-corrected chi connectivity index (χ0v) is 9.56. The highest BCUT2D eigenvalue weighted by Crippen LogP contribution is 2.23. The molecule has 1 aliphatic carbocycles. The molecule has 1 aromatic rings. The Morgan fingerprint density at radius 1 is 1.25 bits per heavy atom. The van der Waals surface area contributed by atoms with Crippen LogP contribution in [0, 0.1) is 0 Å². The van der Waals surface area contributed by atoms with Gasteiger partial charge in [-0.1, -0.05) is 12.1 Å². The second kappa shape index (κ2) is 5.32. The number of benzene rings is 1. The number of hydrogen-bond donors (Lipinski definition) is 1. The first-order valence-electron chi connectivity index (χ1n) is 5.70. The third kappa shape index (κ3) is 2.97. The topological polar surface area (TPSA) is 38.7 Å². The Morgan fingerprint density at radius 3 is 2.56 bits per heavy atom. The second-order valence-corrected chi connectivity index (χ2v) is 4.25. The predicted octanol–water partition coefficient (Wildman–Crippen LogP) is 2.13. The normalized spacial score (nSPS) is 24.6. The lowest BCUT2D eigenvalue weighted by Gasteiger charge is -2.11. The van der Waals surface area contributed by atoms with Gasteiger partial charge in [0.2, 0.25) is 0 Å². The molecule has 0 heterocycles. The monoisotopic (exact) mass is 222 g/mol. The molecule has 1 fully saturated rings. The SMILES string of the molecule is COc1ccc(COC2CCC(O)C2)cc1. The van der Waals surface area contributed by atoms with Gasteiger partial charge in [0, 0.05) is 0 Å². The molecule has 0 aliphatic heterocycles. The van der Waals surface area contributed by atoms with Crippen LogP contribution in [-0.2, 0) is 11.3 Å². The fourth-order valence-corrected chi connectivity index (χ4v) is 2.00. The molecule has 2 rings (SSSR count). The average Bonchev–Trinajstić information content (AvgIpc) is 2.73. The molecule has 2 unspecified atom stereocenters. The van der Waals surface area contributed by atoms with E-state index in [1.54, 1.807) is 7.11 Å². The van der Waals surface area contributed by atoms with E-state index in [0.717, 1.165) is 30.6 Å². The van der Waals surface area contributed by atoms with Crippen molar-refractivity contribution in [3.05, 3.63) is 29.8 Å². The van der Waals surface area contributed by atoms with Gasteiger partial charge >= 0.3 is 0 Å². The van der Waals surface area contributed by atoms with Crippen molar-refractivity contribution >= 4 is 0 Å². The quantitative estimate of drug-likeness (QED) is 0.848. The van der Waals surface area contributed by atoms with Crippen LogP contribution in [0.3, 0.4) is 0 Å². The molecular weight excluding hydrogens is 204 g/mol. The number of aliphatic hydroxyl groups excluding tert-OH is 1. The van der Waals surface area contributed by atoms with Crippen molar-refractivity contribution in [1.82, 2.24) is 0 Å². The standard InChI is InChI=1S/C13H18O3/c1-15-12-5-2-10(3-6-12)9-16-13-7-4-11(14)8-13/h2-3,5-6,11,13-14H,4,7-9H2,1H3. The van der Waals surface area contributed by atoms with E-state index in [2.05, 4.69) is 0 Å². The number of hydrogen-bond acceptors (Lipinski definition) is 3. The Kier molecular flexibility index (Phi) is 3.80. The van der Waals surface area contributed by atoms with Crippen molar-refractivity contribution in [1.29, 1.82) is 0 Å². The van der Waals surface area contributed by atoms with Crippen LogP contribution in [-0.4, -0.2) is 24.4 Å². The number of rotatable bonds is 4. The molecule has 1 aromatic carbocycles. The molecule has 0 saturated heterocycles. The van der Waals surface area contributed by atoms with E-state index in [0.29, 0.717) is 6.61 Å². The van der Waals surface area contributed by atoms with E-state index in [1.807, 2.05) is 24.3 Å². The first-order chi connectivity index (χ1) is 7.78. The minimum absolute atomic E-state index is 0.166. The van der Waals surface area contributed by atoms with E-state index in [4.69, 9.17) is 9.47 Å². The summed E-state index contributed by atoms with van der Waals surface area (Å²) < 4.78 is 10.8. The summed E-state index contributed by atoms with van der Waals surface area (Å²) in [6.45, 7) is 0.612. The van der Waals surface area contributed by atoms with Crippen LogP contribution in [0.5, 0.6) is 5.75 Å². The van der Waals surface area contributed by atoms with E-state index < -0.39 is 0 Å². The summed E-state index contributed by atoms with van der Waals surface area (Å²) in [7, 11) is 1.66. The van der Waals surface area contributed by atoms with Gasteiger partial charge in [-0.15, -0.1) is 0 Å². The summed E-state index contributed by atoms with van der Waals surface area (Å²) in [5.41, 5.74) is 1.14. The summed E-state index contributed by atoms with van der Waals surface area (Å²) in [4.78, 5) is 0. The first-order valence-corrected chi connectivity index (χ1v) is 5.70. The first kappa shape index (κ1) is 11.4. The molecule has 0 amide bonds. The lowest BCUT2D eigenvalue weighted by atomic mass is 10.2. The highest BCUT2D eigenvalue weighted by molar-refractivity contribution is 5.26. The molecule has 88 valence electrons. The Labute approximate surface area is 96.0 Å². The Hall–Kier alpha value is -1.06.